The monoisotopic (exact) mass is 1150 g/mol. The van der Waals surface area contributed by atoms with Crippen molar-refractivity contribution in [2.24, 2.45) is 0 Å². The Hall–Kier alpha value is -3.93. The molecule has 0 aliphatic heterocycles. The quantitative estimate of drug-likeness (QED) is 0.0261. The van der Waals surface area contributed by atoms with Crippen LogP contribution in [-0.4, -0.2) is 37.2 Å². The van der Waals surface area contributed by atoms with E-state index >= 15 is 0 Å². The van der Waals surface area contributed by atoms with E-state index < -0.39 is 6.10 Å². The molecule has 0 aromatic heterocycles. The summed E-state index contributed by atoms with van der Waals surface area (Å²) < 4.78 is 16.9. The van der Waals surface area contributed by atoms with Crippen LogP contribution in [0, 0.1) is 0 Å². The van der Waals surface area contributed by atoms with Crippen molar-refractivity contribution in [2.75, 3.05) is 13.2 Å². The van der Waals surface area contributed by atoms with Gasteiger partial charge in [-0.2, -0.15) is 0 Å². The van der Waals surface area contributed by atoms with Gasteiger partial charge in [-0.3, -0.25) is 14.4 Å². The molecular formula is C77H132O6. The van der Waals surface area contributed by atoms with E-state index in [1.807, 2.05) is 0 Å². The van der Waals surface area contributed by atoms with Crippen molar-refractivity contribution < 1.29 is 28.6 Å². The molecule has 0 saturated heterocycles. The van der Waals surface area contributed by atoms with Crippen molar-refractivity contribution >= 4 is 17.9 Å². The van der Waals surface area contributed by atoms with Crippen LogP contribution in [0.4, 0.5) is 0 Å². The van der Waals surface area contributed by atoms with Crippen LogP contribution < -0.4 is 0 Å². The molecule has 1 unspecified atom stereocenters. The average molecular weight is 1150 g/mol. The zero-order valence-corrected chi connectivity index (χ0v) is 54.7. The van der Waals surface area contributed by atoms with Crippen LogP contribution in [0.1, 0.15) is 342 Å². The third kappa shape index (κ3) is 68.7. The zero-order chi connectivity index (χ0) is 59.9. The lowest BCUT2D eigenvalue weighted by molar-refractivity contribution is -0.167. The van der Waals surface area contributed by atoms with Gasteiger partial charge in [-0.25, -0.2) is 0 Å². The van der Waals surface area contributed by atoms with E-state index in [0.717, 1.165) is 122 Å². The highest BCUT2D eigenvalue weighted by Crippen LogP contribution is 2.17. The highest BCUT2D eigenvalue weighted by atomic mass is 16.6. The lowest BCUT2D eigenvalue weighted by atomic mass is 10.0. The first-order chi connectivity index (χ1) is 41.0. The fourth-order valence-corrected chi connectivity index (χ4v) is 9.94. The first-order valence-electron chi connectivity index (χ1n) is 35.4. The molecule has 0 N–H and O–H groups in total. The molecule has 0 radical (unpaired) electrons. The minimum Gasteiger partial charge on any atom is -0.462 e. The molecule has 1 atom stereocenters. The Balaban J connectivity index is 4.26. The molecular weight excluding hydrogens is 1020 g/mol. The van der Waals surface area contributed by atoms with Crippen LogP contribution in [0.15, 0.2) is 109 Å². The predicted molar refractivity (Wildman–Crippen MR) is 362 cm³/mol. The summed E-state index contributed by atoms with van der Waals surface area (Å²) in [6.45, 7) is 6.50. The van der Waals surface area contributed by atoms with Crippen molar-refractivity contribution in [3.63, 3.8) is 0 Å². The van der Waals surface area contributed by atoms with Gasteiger partial charge in [-0.15, -0.1) is 0 Å². The van der Waals surface area contributed by atoms with Gasteiger partial charge in [-0.1, -0.05) is 304 Å². The Bertz CT molecular complexity index is 1660. The summed E-state index contributed by atoms with van der Waals surface area (Å²) in [5.41, 5.74) is 0. The molecule has 6 heteroatoms. The molecule has 6 nitrogen and oxygen atoms in total. The van der Waals surface area contributed by atoms with E-state index in [9.17, 15) is 14.4 Å². The van der Waals surface area contributed by atoms with Crippen LogP contribution in [0.3, 0.4) is 0 Å². The van der Waals surface area contributed by atoms with Crippen molar-refractivity contribution in [3.8, 4) is 0 Å². The fraction of sp³-hybridized carbons (Fsp3) is 0.727. The van der Waals surface area contributed by atoms with E-state index in [4.69, 9.17) is 14.2 Å². The van der Waals surface area contributed by atoms with Gasteiger partial charge in [0.2, 0.25) is 0 Å². The Morgan fingerprint density at radius 1 is 0.253 bits per heavy atom. The number of hydrogen-bond donors (Lipinski definition) is 0. The summed E-state index contributed by atoms with van der Waals surface area (Å²) in [5.74, 6) is -0.925. The first-order valence-corrected chi connectivity index (χ1v) is 35.4. The molecule has 0 saturated carbocycles. The van der Waals surface area contributed by atoms with Crippen molar-refractivity contribution in [2.45, 2.75) is 348 Å². The number of esters is 3. The average Bonchev–Trinajstić information content (AvgIpc) is 3.49. The highest BCUT2D eigenvalue weighted by molar-refractivity contribution is 5.71. The van der Waals surface area contributed by atoms with Crippen LogP contribution >= 0.6 is 0 Å². The van der Waals surface area contributed by atoms with Gasteiger partial charge < -0.3 is 14.2 Å². The lowest BCUT2D eigenvalue weighted by Gasteiger charge is -2.18. The first kappa shape index (κ1) is 79.1. The summed E-state index contributed by atoms with van der Waals surface area (Å²) in [6, 6.07) is 0. The molecule has 0 rings (SSSR count). The van der Waals surface area contributed by atoms with Crippen LogP contribution in [0.2, 0.25) is 0 Å². The van der Waals surface area contributed by atoms with E-state index in [-0.39, 0.29) is 31.1 Å². The Morgan fingerprint density at radius 2 is 0.470 bits per heavy atom. The molecule has 0 aliphatic carbocycles. The number of rotatable bonds is 64. The Labute approximate surface area is 514 Å². The molecule has 0 aromatic carbocycles. The van der Waals surface area contributed by atoms with Gasteiger partial charge in [0.25, 0.3) is 0 Å². The van der Waals surface area contributed by atoms with E-state index in [0.29, 0.717) is 19.3 Å². The second-order valence-corrected chi connectivity index (χ2v) is 23.4. The number of carbonyl (C=O) groups excluding carboxylic acids is 3. The molecule has 0 aromatic rings. The number of hydrogen-bond acceptors (Lipinski definition) is 6. The third-order valence-corrected chi connectivity index (χ3v) is 15.2. The molecule has 476 valence electrons. The minimum absolute atomic E-state index is 0.0922. The largest absolute Gasteiger partial charge is 0.462 e. The van der Waals surface area contributed by atoms with E-state index in [1.165, 1.54) is 180 Å². The fourth-order valence-electron chi connectivity index (χ4n) is 9.94. The maximum Gasteiger partial charge on any atom is 0.306 e. The Kier molecular flexibility index (Phi) is 67.2. The van der Waals surface area contributed by atoms with Gasteiger partial charge in [0.05, 0.1) is 0 Å². The summed E-state index contributed by atoms with van der Waals surface area (Å²) in [5, 5.41) is 0. The Morgan fingerprint density at radius 3 is 0.747 bits per heavy atom. The van der Waals surface area contributed by atoms with Crippen molar-refractivity contribution in [3.05, 3.63) is 109 Å². The maximum atomic E-state index is 12.9. The van der Waals surface area contributed by atoms with Crippen LogP contribution in [0.5, 0.6) is 0 Å². The number of allylic oxidation sites excluding steroid dienone is 18. The molecule has 0 fully saturated rings. The topological polar surface area (TPSA) is 78.9 Å². The van der Waals surface area contributed by atoms with Crippen molar-refractivity contribution in [1.29, 1.82) is 0 Å². The predicted octanol–water partition coefficient (Wildman–Crippen LogP) is 24.6. The van der Waals surface area contributed by atoms with Gasteiger partial charge in [0, 0.05) is 19.3 Å². The van der Waals surface area contributed by atoms with Crippen molar-refractivity contribution in [1.82, 2.24) is 0 Å². The normalized spacial score (nSPS) is 12.8. The standard InChI is InChI=1S/C77H132O6/c1-4-7-10-13-16-19-22-25-27-29-31-33-34-35-36-37-38-39-40-41-42-44-45-47-49-52-55-58-61-64-67-70-76(79)82-73-74(72-81-75(78)69-66-63-60-57-54-51-24-21-18-15-12-9-6-3)83-77(80)71-68-65-62-59-56-53-50-48-46-43-32-30-28-26-23-20-17-14-11-8-5-2/h9,12,18,21-23,25-26,29-32,34-35,46,48,51,54,74H,4-8,10-11,13-17,19-20,24,27-28,33,36-45,47,49-50,52-53,55-73H2,1-3H3/b12-9-,21-18-,25-22-,26-23-,31-29-,32-30-,35-34-,48-46-,54-51-. The molecule has 83 heavy (non-hydrogen) atoms. The highest BCUT2D eigenvalue weighted by Gasteiger charge is 2.19. The molecule has 0 heterocycles. The number of carbonyl (C=O) groups is 3. The third-order valence-electron chi connectivity index (χ3n) is 15.2. The second kappa shape index (κ2) is 70.6. The van der Waals surface area contributed by atoms with Crippen LogP contribution in [0.25, 0.3) is 0 Å². The summed E-state index contributed by atoms with van der Waals surface area (Å²) in [4.78, 5) is 38.4. The zero-order valence-electron chi connectivity index (χ0n) is 54.7. The molecule has 0 aliphatic rings. The van der Waals surface area contributed by atoms with Gasteiger partial charge in [-0.05, 0) is 128 Å². The molecule has 0 bridgehead atoms. The number of unbranched alkanes of at least 4 members (excludes halogenated alkanes) is 35. The lowest BCUT2D eigenvalue weighted by Crippen LogP contribution is -2.30. The molecule has 0 spiro atoms. The smallest absolute Gasteiger partial charge is 0.306 e. The van der Waals surface area contributed by atoms with E-state index in [2.05, 4.69) is 130 Å². The van der Waals surface area contributed by atoms with Crippen LogP contribution in [-0.2, 0) is 28.6 Å². The summed E-state index contributed by atoms with van der Waals surface area (Å²) in [7, 11) is 0. The van der Waals surface area contributed by atoms with Gasteiger partial charge in [0.15, 0.2) is 6.10 Å². The summed E-state index contributed by atoms with van der Waals surface area (Å²) in [6.07, 6.45) is 96.9. The SMILES string of the molecule is CC/C=C\C/C=C\C/C=C\CCCCCC(=O)OCC(COC(=O)CCCCCCCCCCCCCCCCCC/C=C\C/C=C\C/C=C\CCCCCCC)OC(=O)CCCCCCCC/C=C\C/C=C\C/C=C\CCCCCCC. The summed E-state index contributed by atoms with van der Waals surface area (Å²) >= 11 is 0. The van der Waals surface area contributed by atoms with E-state index in [1.54, 1.807) is 0 Å². The number of ether oxygens (including phenoxy) is 3. The maximum absolute atomic E-state index is 12.9. The van der Waals surface area contributed by atoms with Gasteiger partial charge >= 0.3 is 17.9 Å². The molecule has 0 amide bonds. The second-order valence-electron chi connectivity index (χ2n) is 23.4. The van der Waals surface area contributed by atoms with Gasteiger partial charge in [0.1, 0.15) is 13.2 Å². The minimum atomic E-state index is -0.800.